The maximum Gasteiger partial charge on any atom is 0.312 e. The van der Waals surface area contributed by atoms with Gasteiger partial charge in [-0.3, -0.25) is 9.59 Å². The zero-order valence-electron chi connectivity index (χ0n) is 24.5. The van der Waals surface area contributed by atoms with E-state index in [9.17, 15) is 14.7 Å². The van der Waals surface area contributed by atoms with Gasteiger partial charge in [-0.15, -0.1) is 0 Å². The lowest BCUT2D eigenvalue weighted by atomic mass is 9.33. The van der Waals surface area contributed by atoms with E-state index < -0.39 is 10.8 Å². The molecule has 0 aliphatic heterocycles. The van der Waals surface area contributed by atoms with Gasteiger partial charge >= 0.3 is 11.9 Å². The number of fused-ring (bicyclic) bond motifs is 7. The summed E-state index contributed by atoms with van der Waals surface area (Å²) < 4.78 is 10.7. The Bertz CT molecular complexity index is 1010. The Kier molecular flexibility index (Phi) is 6.12. The van der Waals surface area contributed by atoms with Crippen molar-refractivity contribution in [1.82, 2.24) is 0 Å². The Morgan fingerprint density at radius 2 is 1.49 bits per heavy atom. The minimum Gasteiger partial charge on any atom is -0.469 e. The Hall–Kier alpha value is -1.36. The number of allylic oxidation sites excluding steroid dienone is 2. The van der Waals surface area contributed by atoms with Gasteiger partial charge in [0.15, 0.2) is 0 Å². The Morgan fingerprint density at radius 1 is 0.838 bits per heavy atom. The van der Waals surface area contributed by atoms with Crippen LogP contribution in [0.4, 0.5) is 0 Å². The van der Waals surface area contributed by atoms with Crippen LogP contribution < -0.4 is 0 Å². The van der Waals surface area contributed by atoms with Crippen LogP contribution in [0.5, 0.6) is 0 Å². The molecule has 0 amide bonds. The van der Waals surface area contributed by atoms with Gasteiger partial charge in [0.05, 0.1) is 31.2 Å². The van der Waals surface area contributed by atoms with Gasteiger partial charge in [0.25, 0.3) is 0 Å². The number of ether oxygens (including phenoxy) is 2. The number of carbonyl (C=O) groups is 2. The molecule has 4 saturated carbocycles. The summed E-state index contributed by atoms with van der Waals surface area (Å²) in [6.07, 6.45) is 11.3. The zero-order valence-corrected chi connectivity index (χ0v) is 24.5. The number of hydrogen-bond donors (Lipinski definition) is 1. The van der Waals surface area contributed by atoms with Crippen LogP contribution in [0, 0.1) is 50.2 Å². The normalized spacial score (nSPS) is 50.4. The zero-order chi connectivity index (χ0) is 27.2. The molecule has 9 atom stereocenters. The average molecular weight is 515 g/mol. The molecule has 0 spiro atoms. The summed E-state index contributed by atoms with van der Waals surface area (Å²) in [4.78, 5) is 26.4. The Labute approximate surface area is 224 Å². The second kappa shape index (κ2) is 8.32. The lowest BCUT2D eigenvalue weighted by Gasteiger charge is -2.71. The van der Waals surface area contributed by atoms with Crippen molar-refractivity contribution in [2.45, 2.75) is 112 Å². The second-order valence-corrected chi connectivity index (χ2v) is 15.1. The topological polar surface area (TPSA) is 72.8 Å². The third-order valence-corrected chi connectivity index (χ3v) is 13.7. The fraction of sp³-hybridized carbons (Fsp3) is 0.875. The standard InChI is InChI=1S/C32H50O5/c1-27(2)22-11-14-31(6)23(29(22,4)13-12-24(27)33)10-9-20-21-19-28(3,25(34)36-7)15-17-32(21,26(35)37-8)18-16-30(20,31)5/h9,21-24,33H,10-19H2,1-8H3/t21-,22-,23+,24-,28-,29-,30+,31+,32-/m0/s1. The van der Waals surface area contributed by atoms with Crippen LogP contribution >= 0.6 is 0 Å². The summed E-state index contributed by atoms with van der Waals surface area (Å²) in [5.74, 6) is 0.800. The van der Waals surface area contributed by atoms with Crippen molar-refractivity contribution in [3.8, 4) is 0 Å². The summed E-state index contributed by atoms with van der Waals surface area (Å²) in [5.41, 5.74) is 0.482. The van der Waals surface area contributed by atoms with Gasteiger partial charge in [-0.1, -0.05) is 46.3 Å². The van der Waals surface area contributed by atoms with E-state index in [0.717, 1.165) is 44.9 Å². The van der Waals surface area contributed by atoms with E-state index in [-0.39, 0.29) is 45.6 Å². The fourth-order valence-electron chi connectivity index (χ4n) is 11.1. The summed E-state index contributed by atoms with van der Waals surface area (Å²) in [5, 5.41) is 10.9. The van der Waals surface area contributed by atoms with Gasteiger partial charge in [-0.2, -0.15) is 0 Å². The van der Waals surface area contributed by atoms with Gasteiger partial charge in [0, 0.05) is 0 Å². The van der Waals surface area contributed by atoms with Crippen LogP contribution in [0.3, 0.4) is 0 Å². The molecule has 37 heavy (non-hydrogen) atoms. The van der Waals surface area contributed by atoms with E-state index >= 15 is 0 Å². The minimum absolute atomic E-state index is 0.00414. The SMILES string of the molecule is COC(=O)[C@@]1(C)CC[C@]2(C(=O)OC)CC[C@]3(C)C(=CC[C@@H]4[C@@]5(C)CC[C@H](O)C(C)(C)[C@@H]5CC[C@]43C)[C@@H]2C1. The van der Waals surface area contributed by atoms with Crippen molar-refractivity contribution < 1.29 is 24.2 Å². The largest absolute Gasteiger partial charge is 0.469 e. The number of methoxy groups -OCH3 is 2. The Balaban J connectivity index is 1.60. The van der Waals surface area contributed by atoms with Crippen molar-refractivity contribution >= 4 is 11.9 Å². The summed E-state index contributed by atoms with van der Waals surface area (Å²) in [7, 11) is 3.00. The molecule has 5 aliphatic rings. The molecule has 0 unspecified atom stereocenters. The third-order valence-electron chi connectivity index (χ3n) is 13.7. The number of aliphatic hydroxyl groups excluding tert-OH is 1. The maximum absolute atomic E-state index is 13.5. The fourth-order valence-corrected chi connectivity index (χ4v) is 11.1. The van der Waals surface area contributed by atoms with Crippen molar-refractivity contribution in [3.05, 3.63) is 11.6 Å². The number of hydrogen-bond acceptors (Lipinski definition) is 5. The quantitative estimate of drug-likeness (QED) is 0.337. The van der Waals surface area contributed by atoms with E-state index in [4.69, 9.17) is 9.47 Å². The smallest absolute Gasteiger partial charge is 0.312 e. The predicted octanol–water partition coefficient (Wildman–Crippen LogP) is 6.48. The lowest BCUT2D eigenvalue weighted by Crippen LogP contribution is -2.65. The molecule has 0 saturated heterocycles. The molecule has 0 heterocycles. The number of aliphatic hydroxyl groups is 1. The van der Waals surface area contributed by atoms with Gasteiger partial charge in [-0.25, -0.2) is 0 Å². The first-order chi connectivity index (χ1) is 17.2. The van der Waals surface area contributed by atoms with E-state index in [2.05, 4.69) is 40.7 Å². The van der Waals surface area contributed by atoms with Crippen LogP contribution in [-0.4, -0.2) is 37.4 Å². The van der Waals surface area contributed by atoms with Crippen LogP contribution in [0.1, 0.15) is 106 Å². The molecule has 208 valence electrons. The Morgan fingerprint density at radius 3 is 2.14 bits per heavy atom. The van der Waals surface area contributed by atoms with E-state index in [1.165, 1.54) is 19.8 Å². The molecule has 0 aromatic rings. The van der Waals surface area contributed by atoms with Gasteiger partial charge in [-0.05, 0) is 111 Å². The number of esters is 2. The molecule has 0 bridgehead atoms. The molecule has 4 fully saturated rings. The van der Waals surface area contributed by atoms with Crippen molar-refractivity contribution in [2.24, 2.45) is 50.2 Å². The van der Waals surface area contributed by atoms with Gasteiger partial charge in [0.2, 0.25) is 0 Å². The molecule has 5 nitrogen and oxygen atoms in total. The number of carbonyl (C=O) groups excluding carboxylic acids is 2. The molecule has 5 aliphatic carbocycles. The summed E-state index contributed by atoms with van der Waals surface area (Å²) >= 11 is 0. The first-order valence-electron chi connectivity index (χ1n) is 14.7. The van der Waals surface area contributed by atoms with Gasteiger partial charge < -0.3 is 14.6 Å². The maximum atomic E-state index is 13.5. The highest BCUT2D eigenvalue weighted by Crippen LogP contribution is 2.75. The highest BCUT2D eigenvalue weighted by Gasteiger charge is 2.69. The molecule has 0 aromatic carbocycles. The molecule has 5 heteroatoms. The van der Waals surface area contributed by atoms with Crippen LogP contribution in [-0.2, 0) is 19.1 Å². The minimum atomic E-state index is -0.582. The number of rotatable bonds is 2. The molecular weight excluding hydrogens is 464 g/mol. The van der Waals surface area contributed by atoms with E-state index in [1.807, 2.05) is 6.92 Å². The molecule has 5 rings (SSSR count). The lowest BCUT2D eigenvalue weighted by molar-refractivity contribution is -0.207. The van der Waals surface area contributed by atoms with E-state index in [1.54, 1.807) is 0 Å². The molecule has 0 radical (unpaired) electrons. The van der Waals surface area contributed by atoms with Crippen molar-refractivity contribution in [1.29, 1.82) is 0 Å². The first-order valence-corrected chi connectivity index (χ1v) is 14.7. The third kappa shape index (κ3) is 3.31. The van der Waals surface area contributed by atoms with Crippen molar-refractivity contribution in [3.63, 3.8) is 0 Å². The van der Waals surface area contributed by atoms with E-state index in [0.29, 0.717) is 31.1 Å². The molecule has 0 aromatic heterocycles. The van der Waals surface area contributed by atoms with Crippen molar-refractivity contribution in [2.75, 3.05) is 14.2 Å². The summed E-state index contributed by atoms with van der Waals surface area (Å²) in [6, 6.07) is 0. The highest BCUT2D eigenvalue weighted by molar-refractivity contribution is 5.81. The van der Waals surface area contributed by atoms with Crippen LogP contribution in [0.15, 0.2) is 11.6 Å². The predicted molar refractivity (Wildman–Crippen MR) is 143 cm³/mol. The molecule has 1 N–H and O–H groups in total. The average Bonchev–Trinajstić information content (AvgIpc) is 2.86. The highest BCUT2D eigenvalue weighted by atomic mass is 16.5. The first kappa shape index (κ1) is 27.2. The molecular formula is C32H50O5. The second-order valence-electron chi connectivity index (χ2n) is 15.1. The van der Waals surface area contributed by atoms with Gasteiger partial charge in [0.1, 0.15) is 0 Å². The summed E-state index contributed by atoms with van der Waals surface area (Å²) in [6.45, 7) is 14.1. The van der Waals surface area contributed by atoms with Crippen LogP contribution in [0.2, 0.25) is 0 Å². The monoisotopic (exact) mass is 514 g/mol. The van der Waals surface area contributed by atoms with Crippen LogP contribution in [0.25, 0.3) is 0 Å².